The zero-order valence-electron chi connectivity index (χ0n) is 13.9. The summed E-state index contributed by atoms with van der Waals surface area (Å²) in [7, 11) is -2.63. The minimum atomic E-state index is -1.85. The van der Waals surface area contributed by atoms with Gasteiger partial charge in [-0.1, -0.05) is 25.7 Å². The monoisotopic (exact) mass is 305 g/mol. The van der Waals surface area contributed by atoms with Crippen LogP contribution in [0.2, 0.25) is 38.3 Å². The lowest BCUT2D eigenvalue weighted by molar-refractivity contribution is 0.188. The molecule has 0 fully saturated rings. The zero-order chi connectivity index (χ0) is 15.4. The van der Waals surface area contributed by atoms with Crippen molar-refractivity contribution in [3.63, 3.8) is 0 Å². The Balaban J connectivity index is 0. The second-order valence-electron chi connectivity index (χ2n) is 5.95. The van der Waals surface area contributed by atoms with Gasteiger partial charge in [-0.05, 0) is 45.4 Å². The van der Waals surface area contributed by atoms with E-state index < -0.39 is 16.6 Å². The highest BCUT2D eigenvalue weighted by Crippen LogP contribution is 2.14. The molecule has 0 amide bonds. The first-order valence-corrected chi connectivity index (χ1v) is 13.6. The molecule has 3 nitrogen and oxygen atoms in total. The second-order valence-corrected chi connectivity index (χ2v) is 14.8. The summed E-state index contributed by atoms with van der Waals surface area (Å²) in [6.07, 6.45) is 3.02. The Kier molecular flexibility index (Phi) is 13.3. The molecule has 0 atom stereocenters. The lowest BCUT2D eigenvalue weighted by Gasteiger charge is -2.25. The number of nitrogens with two attached hydrogens (primary N) is 1. The topological polar surface area (TPSA) is 44.5 Å². The van der Waals surface area contributed by atoms with Crippen LogP contribution in [0.5, 0.6) is 0 Å². The molecule has 0 rings (SSSR count). The van der Waals surface area contributed by atoms with Gasteiger partial charge >= 0.3 is 8.56 Å². The summed E-state index contributed by atoms with van der Waals surface area (Å²) in [4.78, 5) is 0. The van der Waals surface area contributed by atoms with Gasteiger partial charge in [0.25, 0.3) is 0 Å². The molecule has 0 spiro atoms. The molecule has 0 aromatic rings. The van der Waals surface area contributed by atoms with Crippen molar-refractivity contribution in [2.24, 2.45) is 5.73 Å². The molecule has 0 aromatic heterocycles. The molecule has 19 heavy (non-hydrogen) atoms. The van der Waals surface area contributed by atoms with Gasteiger partial charge in [-0.2, -0.15) is 0 Å². The van der Waals surface area contributed by atoms with Crippen molar-refractivity contribution < 1.29 is 8.85 Å². The van der Waals surface area contributed by atoms with E-state index in [0.29, 0.717) is 0 Å². The van der Waals surface area contributed by atoms with Crippen LogP contribution in [0.15, 0.2) is 12.7 Å². The van der Waals surface area contributed by atoms with Crippen molar-refractivity contribution in [1.29, 1.82) is 0 Å². The third-order valence-electron chi connectivity index (χ3n) is 2.49. The molecule has 0 aliphatic heterocycles. The molecule has 0 aliphatic rings. The van der Waals surface area contributed by atoms with E-state index >= 15 is 0 Å². The van der Waals surface area contributed by atoms with E-state index in [2.05, 4.69) is 32.8 Å². The zero-order valence-corrected chi connectivity index (χ0v) is 15.9. The summed E-state index contributed by atoms with van der Waals surface area (Å²) < 4.78 is 11.3. The average molecular weight is 306 g/mol. The van der Waals surface area contributed by atoms with Crippen LogP contribution in [-0.2, 0) is 8.85 Å². The fraction of sp³-hybridized carbons (Fsp3) is 0.857. The lowest BCUT2D eigenvalue weighted by Crippen LogP contribution is -2.39. The largest absolute Gasteiger partial charge is 0.395 e. The van der Waals surface area contributed by atoms with Gasteiger partial charge in [-0.3, -0.25) is 0 Å². The van der Waals surface area contributed by atoms with Crippen LogP contribution in [0.25, 0.3) is 0 Å². The van der Waals surface area contributed by atoms with Crippen LogP contribution in [0.4, 0.5) is 0 Å². The number of rotatable bonds is 9. The first-order chi connectivity index (χ1) is 8.74. The molecule has 5 heteroatoms. The van der Waals surface area contributed by atoms with Gasteiger partial charge in [-0.25, -0.2) is 0 Å². The molecule has 0 heterocycles. The molecule has 0 bridgehead atoms. The molecular formula is C14H35NO2Si2. The molecule has 0 aromatic carbocycles. The molecule has 0 unspecified atom stereocenters. The van der Waals surface area contributed by atoms with E-state index in [1.165, 1.54) is 6.04 Å². The summed E-state index contributed by atoms with van der Waals surface area (Å²) in [5.41, 5.74) is 5.44. The lowest BCUT2D eigenvalue weighted by atomic mass is 10.5. The van der Waals surface area contributed by atoms with Crippen LogP contribution in [-0.4, -0.2) is 36.4 Å². The molecule has 2 N–H and O–H groups in total. The van der Waals surface area contributed by atoms with Crippen LogP contribution < -0.4 is 5.73 Å². The highest BCUT2D eigenvalue weighted by molar-refractivity contribution is 6.76. The Morgan fingerprint density at radius 2 is 1.53 bits per heavy atom. The summed E-state index contributed by atoms with van der Waals surface area (Å²) >= 11 is 0. The van der Waals surface area contributed by atoms with Crippen LogP contribution in [0.3, 0.4) is 0 Å². The molecule has 0 saturated carbocycles. The maximum Gasteiger partial charge on any atom is 0.334 e. The summed E-state index contributed by atoms with van der Waals surface area (Å²) in [5.74, 6) is 0. The summed E-state index contributed by atoms with van der Waals surface area (Å²) in [6.45, 7) is 19.0. The minimum absolute atomic E-state index is 0.725. The summed E-state index contributed by atoms with van der Waals surface area (Å²) in [6, 6.07) is 2.25. The third-order valence-corrected chi connectivity index (χ3v) is 7.06. The van der Waals surface area contributed by atoms with Gasteiger partial charge in [0.05, 0.1) is 0 Å². The van der Waals surface area contributed by atoms with E-state index in [1.807, 2.05) is 19.9 Å². The van der Waals surface area contributed by atoms with E-state index in [0.717, 1.165) is 32.2 Å². The Morgan fingerprint density at radius 1 is 1.05 bits per heavy atom. The fourth-order valence-corrected chi connectivity index (χ4v) is 4.96. The van der Waals surface area contributed by atoms with E-state index in [9.17, 15) is 0 Å². The minimum Gasteiger partial charge on any atom is -0.395 e. The van der Waals surface area contributed by atoms with Crippen LogP contribution in [0.1, 0.15) is 20.3 Å². The van der Waals surface area contributed by atoms with Gasteiger partial charge < -0.3 is 14.6 Å². The van der Waals surface area contributed by atoms with Gasteiger partial charge in [0, 0.05) is 21.3 Å². The number of allylic oxidation sites excluding steroid dienone is 1. The first kappa shape index (κ1) is 21.4. The van der Waals surface area contributed by atoms with Crippen molar-refractivity contribution in [3.05, 3.63) is 12.7 Å². The van der Waals surface area contributed by atoms with E-state index in [-0.39, 0.29) is 0 Å². The highest BCUT2D eigenvalue weighted by Gasteiger charge is 2.29. The first-order valence-electron chi connectivity index (χ1n) is 7.33. The number of hydrogen-bond acceptors (Lipinski definition) is 3. The Hall–Kier alpha value is 0.0538. The average Bonchev–Trinajstić information content (AvgIpc) is 2.26. The maximum atomic E-state index is 5.63. The van der Waals surface area contributed by atoms with Gasteiger partial charge in [0.15, 0.2) is 0 Å². The van der Waals surface area contributed by atoms with Gasteiger partial charge in [-0.15, -0.1) is 6.58 Å². The predicted octanol–water partition coefficient (Wildman–Crippen LogP) is 3.99. The van der Waals surface area contributed by atoms with Crippen LogP contribution >= 0.6 is 0 Å². The molecule has 0 radical (unpaired) electrons. The molecular weight excluding hydrogens is 270 g/mol. The quantitative estimate of drug-likeness (QED) is 0.517. The Labute approximate surface area is 122 Å². The smallest absolute Gasteiger partial charge is 0.334 e. The maximum absolute atomic E-state index is 5.63. The molecule has 116 valence electrons. The predicted molar refractivity (Wildman–Crippen MR) is 91.7 cm³/mol. The highest BCUT2D eigenvalue weighted by atomic mass is 28.4. The van der Waals surface area contributed by atoms with E-state index in [4.69, 9.17) is 14.6 Å². The summed E-state index contributed by atoms with van der Waals surface area (Å²) in [5, 5.41) is 0. The Morgan fingerprint density at radius 3 is 1.74 bits per heavy atom. The van der Waals surface area contributed by atoms with Crippen molar-refractivity contribution in [2.75, 3.05) is 19.8 Å². The molecule has 0 aliphatic carbocycles. The second kappa shape index (κ2) is 11.8. The van der Waals surface area contributed by atoms with Crippen molar-refractivity contribution >= 4 is 16.6 Å². The Bertz CT molecular complexity index is 212. The van der Waals surface area contributed by atoms with Crippen molar-refractivity contribution in [3.8, 4) is 0 Å². The normalized spacial score (nSPS) is 11.7. The van der Waals surface area contributed by atoms with Crippen molar-refractivity contribution in [2.45, 2.75) is 58.5 Å². The van der Waals surface area contributed by atoms with Crippen LogP contribution in [0, 0.1) is 0 Å². The third kappa shape index (κ3) is 16.0. The number of hydrogen-bond donors (Lipinski definition) is 1. The fourth-order valence-electron chi connectivity index (χ4n) is 1.65. The molecule has 0 saturated heterocycles. The SMILES string of the molecule is C=CC[Si](C)(C)C.CCO[Si](C)(CCCN)OCC. The standard InChI is InChI=1S/C8H21NO2Si.C6H14Si/c1-4-10-12(3,11-5-2)8-6-7-9;1-5-6-7(2,3)4/h4-9H2,1-3H3;5H,1,6H2,2-4H3. The van der Waals surface area contributed by atoms with Gasteiger partial charge in [0.2, 0.25) is 0 Å². The van der Waals surface area contributed by atoms with E-state index in [1.54, 1.807) is 0 Å². The van der Waals surface area contributed by atoms with Crippen molar-refractivity contribution in [1.82, 2.24) is 0 Å². The van der Waals surface area contributed by atoms with Gasteiger partial charge in [0.1, 0.15) is 0 Å².